The molecule has 0 unspecified atom stereocenters. The highest BCUT2D eigenvalue weighted by Gasteiger charge is 2.23. The van der Waals surface area contributed by atoms with Gasteiger partial charge in [0, 0.05) is 18.3 Å². The van der Waals surface area contributed by atoms with Crippen molar-refractivity contribution >= 4 is 22.7 Å². The number of methoxy groups -OCH3 is 1. The summed E-state index contributed by atoms with van der Waals surface area (Å²) < 4.78 is 34.2. The van der Waals surface area contributed by atoms with Crippen LogP contribution in [0.15, 0.2) is 35.3 Å². The minimum absolute atomic E-state index is 0.0213. The lowest BCUT2D eigenvalue weighted by atomic mass is 10.0. The number of aliphatic hydroxyl groups is 1. The number of aliphatic hydroxyl groups excluding tert-OH is 1. The van der Waals surface area contributed by atoms with Crippen molar-refractivity contribution in [1.82, 2.24) is 9.55 Å². The summed E-state index contributed by atoms with van der Waals surface area (Å²) in [6.45, 7) is 3.24. The molecule has 0 amide bonds. The lowest BCUT2D eigenvalue weighted by Gasteiger charge is -2.24. The Kier molecular flexibility index (Phi) is 6.73. The summed E-state index contributed by atoms with van der Waals surface area (Å²) in [4.78, 5) is 28.9. The molecule has 0 saturated carbocycles. The van der Waals surface area contributed by atoms with E-state index in [-0.39, 0.29) is 47.2 Å². The number of hydrogen-bond acceptors (Lipinski definition) is 6. The van der Waals surface area contributed by atoms with Crippen molar-refractivity contribution in [2.75, 3.05) is 19.0 Å². The minimum Gasteiger partial charge on any atom is -0.479 e. The molecule has 0 fully saturated rings. The van der Waals surface area contributed by atoms with Crippen molar-refractivity contribution in [3.05, 3.63) is 63.4 Å². The lowest BCUT2D eigenvalue weighted by Crippen LogP contribution is -2.26. The summed E-state index contributed by atoms with van der Waals surface area (Å²) in [6.07, 6.45) is 1.16. The molecule has 3 N–H and O–H groups in total. The first-order valence-electron chi connectivity index (χ1n) is 9.83. The Bertz CT molecular complexity index is 1230. The number of anilines is 1. The summed E-state index contributed by atoms with van der Waals surface area (Å²) in [5.41, 5.74) is -0.874. The first-order valence-corrected chi connectivity index (χ1v) is 9.83. The Balaban J connectivity index is 2.19. The van der Waals surface area contributed by atoms with Crippen LogP contribution in [0.3, 0.4) is 0 Å². The van der Waals surface area contributed by atoms with Crippen molar-refractivity contribution in [3.8, 4) is 5.88 Å². The molecule has 10 heteroatoms. The zero-order valence-corrected chi connectivity index (χ0v) is 17.7. The Hall–Kier alpha value is -3.53. The number of halogens is 2. The van der Waals surface area contributed by atoms with Gasteiger partial charge in [0.15, 0.2) is 0 Å². The lowest BCUT2D eigenvalue weighted by molar-refractivity contribution is 0.0694. The number of rotatable bonds is 8. The predicted octanol–water partition coefficient (Wildman–Crippen LogP) is 3.18. The molecule has 1 aromatic carbocycles. The third-order valence-corrected chi connectivity index (χ3v) is 5.18. The van der Waals surface area contributed by atoms with Crippen molar-refractivity contribution in [2.24, 2.45) is 5.92 Å². The van der Waals surface area contributed by atoms with Crippen LogP contribution in [0.25, 0.3) is 11.0 Å². The Morgan fingerprint density at radius 3 is 2.59 bits per heavy atom. The summed E-state index contributed by atoms with van der Waals surface area (Å²) >= 11 is 0. The van der Waals surface area contributed by atoms with Gasteiger partial charge >= 0.3 is 5.97 Å². The molecule has 0 bridgehead atoms. The average Bonchev–Trinajstić information content (AvgIpc) is 2.75. The number of carboxylic acid groups (broad SMARTS) is 1. The molecule has 3 rings (SSSR count). The van der Waals surface area contributed by atoms with E-state index in [1.54, 1.807) is 0 Å². The van der Waals surface area contributed by atoms with E-state index < -0.39 is 34.6 Å². The quantitative estimate of drug-likeness (QED) is 0.486. The monoisotopic (exact) mass is 447 g/mol. The van der Waals surface area contributed by atoms with E-state index in [0.717, 1.165) is 24.4 Å². The molecule has 0 radical (unpaired) electrons. The van der Waals surface area contributed by atoms with Crippen LogP contribution in [0.4, 0.5) is 14.5 Å². The molecule has 1 atom stereocenters. The molecule has 0 aliphatic heterocycles. The van der Waals surface area contributed by atoms with Crippen LogP contribution < -0.4 is 15.5 Å². The van der Waals surface area contributed by atoms with E-state index in [0.29, 0.717) is 0 Å². The van der Waals surface area contributed by atoms with Gasteiger partial charge in [-0.1, -0.05) is 13.8 Å². The second kappa shape index (κ2) is 9.31. The van der Waals surface area contributed by atoms with Crippen molar-refractivity contribution in [1.29, 1.82) is 0 Å². The first kappa shape index (κ1) is 23.1. The largest absolute Gasteiger partial charge is 0.479 e. The van der Waals surface area contributed by atoms with E-state index in [9.17, 15) is 28.6 Å². The third-order valence-electron chi connectivity index (χ3n) is 5.18. The van der Waals surface area contributed by atoms with Gasteiger partial charge in [-0.05, 0) is 30.2 Å². The van der Waals surface area contributed by atoms with Crippen LogP contribution in [-0.2, 0) is 6.54 Å². The van der Waals surface area contributed by atoms with E-state index >= 15 is 0 Å². The number of carboxylic acids is 1. The van der Waals surface area contributed by atoms with E-state index in [1.165, 1.54) is 17.7 Å². The second-order valence-electron chi connectivity index (χ2n) is 7.58. The zero-order chi connectivity index (χ0) is 23.6. The molecular formula is C22H23F2N3O5. The van der Waals surface area contributed by atoms with Crippen LogP contribution in [0.1, 0.15) is 35.8 Å². The molecule has 170 valence electrons. The average molecular weight is 447 g/mol. The van der Waals surface area contributed by atoms with Gasteiger partial charge in [-0.15, -0.1) is 0 Å². The van der Waals surface area contributed by atoms with Gasteiger partial charge in [-0.3, -0.25) is 4.79 Å². The highest BCUT2D eigenvalue weighted by molar-refractivity contribution is 5.93. The maximum atomic E-state index is 14.0. The van der Waals surface area contributed by atoms with Crippen LogP contribution in [-0.4, -0.2) is 39.5 Å². The van der Waals surface area contributed by atoms with Crippen molar-refractivity contribution < 1.29 is 28.5 Å². The molecule has 0 aliphatic carbocycles. The number of hydrogen-bond donors (Lipinski definition) is 3. The molecular weight excluding hydrogens is 424 g/mol. The van der Waals surface area contributed by atoms with Gasteiger partial charge in [0.1, 0.15) is 22.8 Å². The predicted molar refractivity (Wildman–Crippen MR) is 114 cm³/mol. The van der Waals surface area contributed by atoms with Crippen LogP contribution in [0.2, 0.25) is 0 Å². The van der Waals surface area contributed by atoms with Gasteiger partial charge in [-0.2, -0.15) is 4.98 Å². The van der Waals surface area contributed by atoms with Gasteiger partial charge in [0.25, 0.3) is 0 Å². The molecule has 0 saturated heterocycles. The summed E-state index contributed by atoms with van der Waals surface area (Å²) in [5.74, 6) is -2.69. The van der Waals surface area contributed by atoms with E-state index in [4.69, 9.17) is 4.74 Å². The fourth-order valence-electron chi connectivity index (χ4n) is 3.43. The maximum absolute atomic E-state index is 14.0. The number of aromatic carboxylic acids is 1. The smallest absolute Gasteiger partial charge is 0.341 e. The number of carbonyl (C=O) groups is 1. The number of nitrogens with zero attached hydrogens (tertiary/aromatic N) is 2. The molecule has 8 nitrogen and oxygen atoms in total. The van der Waals surface area contributed by atoms with E-state index in [1.807, 2.05) is 13.8 Å². The number of aromatic nitrogens is 2. The molecule has 3 aromatic rings. The number of benzene rings is 1. The van der Waals surface area contributed by atoms with Gasteiger partial charge in [-0.25, -0.2) is 13.6 Å². The summed E-state index contributed by atoms with van der Waals surface area (Å²) in [6, 6.07) is 3.85. The highest BCUT2D eigenvalue weighted by Crippen LogP contribution is 2.29. The second-order valence-corrected chi connectivity index (χ2v) is 7.58. The topological polar surface area (TPSA) is 114 Å². The van der Waals surface area contributed by atoms with Gasteiger partial charge in [0.05, 0.1) is 30.8 Å². The number of nitrogens with one attached hydrogen (secondary N) is 1. The van der Waals surface area contributed by atoms with Crippen LogP contribution in [0.5, 0.6) is 5.88 Å². The molecule has 2 aromatic heterocycles. The molecule has 2 heterocycles. The fourth-order valence-corrected chi connectivity index (χ4v) is 3.43. The van der Waals surface area contributed by atoms with Crippen LogP contribution in [0, 0.1) is 17.6 Å². The standard InChI is InChI=1S/C22H23F2N3O5/c1-11(2)18(10-28)27-9-15(22(30)31)19(29)14-7-17(21(32-3)26-20(14)27)25-8-12-6-13(23)4-5-16(12)24/h4-7,9,11,18,25,28H,8,10H2,1-3H3,(H,30,31)/t18-/m1/s1. The summed E-state index contributed by atoms with van der Waals surface area (Å²) in [7, 11) is 1.35. The van der Waals surface area contributed by atoms with E-state index in [2.05, 4.69) is 10.3 Å². The summed E-state index contributed by atoms with van der Waals surface area (Å²) in [5, 5.41) is 22.2. The van der Waals surface area contributed by atoms with Gasteiger partial charge < -0.3 is 24.8 Å². The van der Waals surface area contributed by atoms with Crippen LogP contribution >= 0.6 is 0 Å². The highest BCUT2D eigenvalue weighted by atomic mass is 19.1. The third kappa shape index (κ3) is 4.40. The Morgan fingerprint density at radius 1 is 1.28 bits per heavy atom. The van der Waals surface area contributed by atoms with Crippen molar-refractivity contribution in [3.63, 3.8) is 0 Å². The Morgan fingerprint density at radius 2 is 2.00 bits per heavy atom. The normalized spacial score (nSPS) is 12.2. The van der Waals surface area contributed by atoms with Gasteiger partial charge in [0.2, 0.25) is 11.3 Å². The Labute approximate surface area is 182 Å². The number of fused-ring (bicyclic) bond motifs is 1. The number of ether oxygens (including phenoxy) is 1. The first-order chi connectivity index (χ1) is 15.2. The zero-order valence-electron chi connectivity index (χ0n) is 17.7. The molecule has 32 heavy (non-hydrogen) atoms. The molecule has 0 spiro atoms. The number of pyridine rings is 2. The maximum Gasteiger partial charge on any atom is 0.341 e. The SMILES string of the molecule is COc1nc2c(cc1NCc1cc(F)ccc1F)c(=O)c(C(=O)O)cn2[C@H](CO)C(C)C. The fraction of sp³-hybridized carbons (Fsp3) is 0.318. The molecule has 0 aliphatic rings. The van der Waals surface area contributed by atoms with Crippen molar-refractivity contribution in [2.45, 2.75) is 26.4 Å². The minimum atomic E-state index is -1.42.